The molecule has 5 atom stereocenters. The number of nitrogens with one attached hydrogen (secondary N) is 2. The summed E-state index contributed by atoms with van der Waals surface area (Å²) in [6, 6.07) is 0. The number of aliphatic imine (C=N–C) groups is 1. The predicted molar refractivity (Wildman–Crippen MR) is 103 cm³/mol. The first-order valence-corrected chi connectivity index (χ1v) is 9.64. The number of nitrogens with zero attached hydrogens (tertiary/aromatic N) is 3. The number of hydrogen-bond acceptors (Lipinski definition) is 9. The molecule has 0 radical (unpaired) electrons. The summed E-state index contributed by atoms with van der Waals surface area (Å²) in [6.07, 6.45) is -3.63. The van der Waals surface area contributed by atoms with Crippen molar-refractivity contribution in [2.45, 2.75) is 58.5 Å². The first kappa shape index (κ1) is 22.0. The highest BCUT2D eigenvalue weighted by atomic mass is 16.6. The molecule has 12 heteroatoms. The van der Waals surface area contributed by atoms with Gasteiger partial charge in [-0.2, -0.15) is 0 Å². The molecule has 3 heterocycles. The van der Waals surface area contributed by atoms with Gasteiger partial charge in [-0.05, 0) is 5.92 Å². The Labute approximate surface area is 173 Å². The fourth-order valence-corrected chi connectivity index (χ4v) is 3.33. The van der Waals surface area contributed by atoms with E-state index in [1.165, 1.54) is 24.7 Å². The van der Waals surface area contributed by atoms with Gasteiger partial charge in [0.1, 0.15) is 17.6 Å². The van der Waals surface area contributed by atoms with Crippen molar-refractivity contribution >= 4 is 23.7 Å². The summed E-state index contributed by atoms with van der Waals surface area (Å²) in [5.41, 5.74) is 0.292. The van der Waals surface area contributed by atoms with E-state index in [0.717, 1.165) is 0 Å². The van der Waals surface area contributed by atoms with Crippen molar-refractivity contribution in [1.82, 2.24) is 14.9 Å². The van der Waals surface area contributed by atoms with E-state index in [1.807, 2.05) is 13.8 Å². The molecular formula is C18H27N5O7. The topological polar surface area (TPSA) is 157 Å². The largest absolute Gasteiger partial charge is 0.456 e. The van der Waals surface area contributed by atoms with E-state index in [2.05, 4.69) is 20.6 Å². The lowest BCUT2D eigenvalue weighted by molar-refractivity contribution is -0.165. The van der Waals surface area contributed by atoms with Crippen LogP contribution in [0, 0.1) is 5.92 Å². The Bertz CT molecular complexity index is 824. The second kappa shape index (κ2) is 8.98. The first-order valence-electron chi connectivity index (χ1n) is 9.64. The van der Waals surface area contributed by atoms with Crippen LogP contribution in [0.4, 0.5) is 5.82 Å². The maximum Gasteiger partial charge on any atom is 0.303 e. The first-order chi connectivity index (χ1) is 14.2. The van der Waals surface area contributed by atoms with Gasteiger partial charge in [0.15, 0.2) is 30.6 Å². The minimum Gasteiger partial charge on any atom is -0.456 e. The van der Waals surface area contributed by atoms with Crippen LogP contribution in [0.25, 0.3) is 0 Å². The van der Waals surface area contributed by atoms with Crippen LogP contribution >= 0.6 is 0 Å². The molecule has 30 heavy (non-hydrogen) atoms. The van der Waals surface area contributed by atoms with Crippen molar-refractivity contribution in [3.8, 4) is 0 Å². The highest BCUT2D eigenvalue weighted by Crippen LogP contribution is 2.38. The Morgan fingerprint density at radius 1 is 1.30 bits per heavy atom. The number of fused-ring (bicyclic) bond motifs is 1. The fourth-order valence-electron chi connectivity index (χ4n) is 3.33. The highest BCUT2D eigenvalue weighted by Gasteiger charge is 2.50. The zero-order valence-corrected chi connectivity index (χ0v) is 17.2. The lowest BCUT2D eigenvalue weighted by Crippen LogP contribution is -2.42. The molecular weight excluding hydrogens is 398 g/mol. The summed E-state index contributed by atoms with van der Waals surface area (Å²) in [5.74, 6) is -0.166. The molecule has 1 fully saturated rings. The summed E-state index contributed by atoms with van der Waals surface area (Å²) >= 11 is 0. The average Bonchev–Trinajstić information content (AvgIpc) is 3.21. The van der Waals surface area contributed by atoms with Gasteiger partial charge >= 0.3 is 11.9 Å². The monoisotopic (exact) mass is 425 g/mol. The molecule has 4 N–H and O–H groups in total. The van der Waals surface area contributed by atoms with Crippen LogP contribution in [0.15, 0.2) is 11.3 Å². The van der Waals surface area contributed by atoms with Crippen LogP contribution in [0.1, 0.15) is 45.8 Å². The molecule has 0 aromatic carbocycles. The van der Waals surface area contributed by atoms with Gasteiger partial charge in [-0.15, -0.1) is 0 Å². The molecule has 0 bridgehead atoms. The number of carbonyl (C=O) groups excluding carboxylic acids is 2. The van der Waals surface area contributed by atoms with Crippen molar-refractivity contribution in [1.29, 1.82) is 0 Å². The van der Waals surface area contributed by atoms with E-state index in [4.69, 9.17) is 14.2 Å². The van der Waals surface area contributed by atoms with Crippen LogP contribution in [-0.2, 0) is 23.8 Å². The van der Waals surface area contributed by atoms with Crippen molar-refractivity contribution in [3.63, 3.8) is 0 Å². The van der Waals surface area contributed by atoms with Gasteiger partial charge in [0.25, 0.3) is 0 Å². The second-order valence-corrected chi connectivity index (χ2v) is 7.54. The Balaban J connectivity index is 1.95. The zero-order chi connectivity index (χ0) is 22.0. The van der Waals surface area contributed by atoms with Gasteiger partial charge in [0, 0.05) is 20.4 Å². The lowest BCUT2D eigenvalue weighted by Gasteiger charge is -2.27. The van der Waals surface area contributed by atoms with E-state index in [9.17, 15) is 19.8 Å². The molecule has 2 aliphatic rings. The molecule has 2 aliphatic heterocycles. The molecule has 166 valence electrons. The van der Waals surface area contributed by atoms with E-state index < -0.39 is 49.3 Å². The van der Waals surface area contributed by atoms with Gasteiger partial charge in [-0.1, -0.05) is 13.8 Å². The number of ether oxygens (including phenoxy) is 3. The Hall–Kier alpha value is -2.70. The molecule has 3 rings (SSSR count). The highest BCUT2D eigenvalue weighted by molar-refractivity contribution is 5.95. The molecule has 0 saturated carbocycles. The van der Waals surface area contributed by atoms with E-state index in [0.29, 0.717) is 29.9 Å². The Kier molecular flexibility index (Phi) is 6.58. The number of aromatic nitrogens is 2. The number of carbonyl (C=O) groups is 2. The Morgan fingerprint density at radius 2 is 1.97 bits per heavy atom. The number of guanidine groups is 1. The molecule has 0 aliphatic carbocycles. The number of aliphatic hydroxyl groups is 2. The quantitative estimate of drug-likeness (QED) is 0.444. The van der Waals surface area contributed by atoms with Gasteiger partial charge in [-0.25, -0.2) is 4.98 Å². The minimum absolute atomic E-state index is 0.292. The van der Waals surface area contributed by atoms with Crippen LogP contribution in [0.5, 0.6) is 0 Å². The van der Waals surface area contributed by atoms with Crippen molar-refractivity contribution in [2.75, 3.05) is 18.5 Å². The maximum atomic E-state index is 11.7. The predicted octanol–water partition coefficient (Wildman–Crippen LogP) is -0.346. The molecule has 2 unspecified atom stereocenters. The summed E-state index contributed by atoms with van der Waals surface area (Å²) in [7, 11) is 0. The van der Waals surface area contributed by atoms with Crippen LogP contribution in [0.3, 0.4) is 0 Å². The van der Waals surface area contributed by atoms with E-state index in [1.54, 1.807) is 0 Å². The third-order valence-electron chi connectivity index (χ3n) is 4.55. The van der Waals surface area contributed by atoms with Crippen LogP contribution in [-0.4, -0.2) is 69.1 Å². The zero-order valence-electron chi connectivity index (χ0n) is 17.2. The minimum atomic E-state index is -1.11. The summed E-state index contributed by atoms with van der Waals surface area (Å²) in [4.78, 5) is 31.8. The summed E-state index contributed by atoms with van der Waals surface area (Å²) in [6.45, 7) is 6.54. The van der Waals surface area contributed by atoms with Crippen LogP contribution in [0.2, 0.25) is 0 Å². The summed E-state index contributed by atoms with van der Waals surface area (Å²) < 4.78 is 18.0. The Morgan fingerprint density at radius 3 is 2.57 bits per heavy atom. The lowest BCUT2D eigenvalue weighted by atomic mass is 10.1. The van der Waals surface area contributed by atoms with E-state index in [-0.39, 0.29) is 0 Å². The van der Waals surface area contributed by atoms with Gasteiger partial charge in [-0.3, -0.25) is 19.1 Å². The standard InChI is InChI=1S/C18H27N5O7/c1-8(2)5-19-18-21-15-12(16(27)22-18)20-7-23(15)17-14(29-10(4)26)13(28-9(3)25)11(6-24)30-17/h7-8,11,13-14,16-17,24,27H,5-6H2,1-4H3,(H2,19,21,22)/t11-,13?,14+,16?,17-/m1/s1. The molecule has 12 nitrogen and oxygen atoms in total. The fraction of sp³-hybridized carbons (Fsp3) is 0.667. The molecule has 1 aromatic heterocycles. The maximum absolute atomic E-state index is 11.7. The summed E-state index contributed by atoms with van der Waals surface area (Å²) in [5, 5.41) is 26.0. The van der Waals surface area contributed by atoms with Gasteiger partial charge < -0.3 is 35.1 Å². The molecule has 0 spiro atoms. The number of anilines is 1. The number of rotatable bonds is 6. The van der Waals surface area contributed by atoms with Crippen molar-refractivity contribution < 1.29 is 34.0 Å². The third-order valence-corrected chi connectivity index (χ3v) is 4.55. The number of aliphatic hydroxyl groups excluding tert-OH is 2. The molecule has 1 aromatic rings. The normalized spacial score (nSPS) is 29.3. The second-order valence-electron chi connectivity index (χ2n) is 7.54. The average molecular weight is 425 g/mol. The molecule has 0 amide bonds. The van der Waals surface area contributed by atoms with Crippen molar-refractivity contribution in [2.24, 2.45) is 10.9 Å². The third kappa shape index (κ3) is 4.55. The number of hydrogen-bond donors (Lipinski definition) is 4. The smallest absolute Gasteiger partial charge is 0.303 e. The number of imidazole rings is 1. The van der Waals surface area contributed by atoms with Gasteiger partial charge in [0.05, 0.1) is 12.9 Å². The van der Waals surface area contributed by atoms with Gasteiger partial charge in [0.2, 0.25) is 0 Å². The number of esters is 2. The molecule has 1 saturated heterocycles. The SMILES string of the molecule is CC(=O)OC1[C@@H](CO)O[C@@H](n2cnc3c2NC(=NCC(C)C)NC3O)[C@H]1OC(C)=O. The van der Waals surface area contributed by atoms with Crippen LogP contribution < -0.4 is 10.6 Å². The van der Waals surface area contributed by atoms with E-state index >= 15 is 0 Å². The van der Waals surface area contributed by atoms with Crippen molar-refractivity contribution in [3.05, 3.63) is 12.0 Å².